The molecular weight excluding hydrogens is 286 g/mol. The van der Waals surface area contributed by atoms with Gasteiger partial charge in [-0.15, -0.1) is 0 Å². The van der Waals surface area contributed by atoms with E-state index in [9.17, 15) is 9.59 Å². The number of carbonyl (C=O) groups excluding carboxylic acids is 2. The molecule has 1 amide bonds. The molecule has 0 unspecified atom stereocenters. The standard InChI is InChI=1S/C20H23NO2/c1-14(2)16-8-10-18(11-9-16)21-20(23)13-12-19(22)17-6-4-15(3)5-7-17/h4-11,14H,12-13H2,1-3H3,(H,21,23). The molecule has 0 radical (unpaired) electrons. The van der Waals surface area contributed by atoms with Gasteiger partial charge in [-0.3, -0.25) is 9.59 Å². The van der Waals surface area contributed by atoms with Gasteiger partial charge < -0.3 is 5.32 Å². The second kappa shape index (κ2) is 7.73. The van der Waals surface area contributed by atoms with Gasteiger partial charge in [0.05, 0.1) is 0 Å². The third kappa shape index (κ3) is 5.06. The molecule has 0 spiro atoms. The van der Waals surface area contributed by atoms with E-state index in [0.717, 1.165) is 11.3 Å². The van der Waals surface area contributed by atoms with Crippen molar-refractivity contribution in [2.45, 2.75) is 39.5 Å². The predicted octanol–water partition coefficient (Wildman–Crippen LogP) is 4.72. The first-order valence-corrected chi connectivity index (χ1v) is 7.95. The topological polar surface area (TPSA) is 46.2 Å². The van der Waals surface area contributed by atoms with Crippen LogP contribution >= 0.6 is 0 Å². The molecule has 1 N–H and O–H groups in total. The Kier molecular flexibility index (Phi) is 5.69. The quantitative estimate of drug-likeness (QED) is 0.785. The maximum Gasteiger partial charge on any atom is 0.224 e. The van der Waals surface area contributed by atoms with E-state index in [-0.39, 0.29) is 24.5 Å². The number of hydrogen-bond acceptors (Lipinski definition) is 2. The van der Waals surface area contributed by atoms with Gasteiger partial charge in [-0.2, -0.15) is 0 Å². The van der Waals surface area contributed by atoms with Crippen molar-refractivity contribution in [3.8, 4) is 0 Å². The molecule has 0 aliphatic rings. The zero-order valence-corrected chi connectivity index (χ0v) is 13.9. The van der Waals surface area contributed by atoms with Crippen molar-refractivity contribution < 1.29 is 9.59 Å². The van der Waals surface area contributed by atoms with Crippen LogP contribution in [0.5, 0.6) is 0 Å². The molecule has 0 heterocycles. The number of benzene rings is 2. The van der Waals surface area contributed by atoms with E-state index in [2.05, 4.69) is 19.2 Å². The Morgan fingerprint density at radius 1 is 0.913 bits per heavy atom. The van der Waals surface area contributed by atoms with Crippen LogP contribution in [0, 0.1) is 6.92 Å². The molecule has 0 aromatic heterocycles. The third-order valence-corrected chi connectivity index (χ3v) is 3.81. The average Bonchev–Trinajstić information content (AvgIpc) is 2.54. The molecule has 0 saturated heterocycles. The lowest BCUT2D eigenvalue weighted by atomic mass is 10.0. The number of anilines is 1. The molecule has 3 nitrogen and oxygen atoms in total. The van der Waals surface area contributed by atoms with Crippen molar-refractivity contribution in [3.05, 3.63) is 65.2 Å². The number of carbonyl (C=O) groups is 2. The summed E-state index contributed by atoms with van der Waals surface area (Å²) in [6.45, 7) is 6.24. The molecule has 3 heteroatoms. The average molecular weight is 309 g/mol. The second-order valence-corrected chi connectivity index (χ2v) is 6.11. The molecule has 120 valence electrons. The Morgan fingerprint density at radius 3 is 2.09 bits per heavy atom. The SMILES string of the molecule is Cc1ccc(C(=O)CCC(=O)Nc2ccc(C(C)C)cc2)cc1. The van der Waals surface area contributed by atoms with Crippen LogP contribution < -0.4 is 5.32 Å². The summed E-state index contributed by atoms with van der Waals surface area (Å²) in [5, 5.41) is 2.83. The molecule has 0 aliphatic heterocycles. The highest BCUT2D eigenvalue weighted by Crippen LogP contribution is 2.17. The molecule has 0 atom stereocenters. The molecule has 2 aromatic rings. The molecular formula is C20H23NO2. The van der Waals surface area contributed by atoms with E-state index in [1.54, 1.807) is 12.1 Å². The van der Waals surface area contributed by atoms with E-state index < -0.39 is 0 Å². The number of ketones is 1. The van der Waals surface area contributed by atoms with Crippen LogP contribution in [0.1, 0.15) is 54.1 Å². The zero-order valence-electron chi connectivity index (χ0n) is 13.9. The van der Waals surface area contributed by atoms with Crippen molar-refractivity contribution >= 4 is 17.4 Å². The fraction of sp³-hybridized carbons (Fsp3) is 0.300. The molecule has 23 heavy (non-hydrogen) atoms. The Labute approximate surface area is 137 Å². The highest BCUT2D eigenvalue weighted by molar-refractivity contribution is 6.00. The first-order chi connectivity index (χ1) is 11.0. The van der Waals surface area contributed by atoms with Crippen LogP contribution in [0.4, 0.5) is 5.69 Å². The minimum Gasteiger partial charge on any atom is -0.326 e. The maximum atomic E-state index is 12.1. The van der Waals surface area contributed by atoms with Crippen molar-refractivity contribution in [2.75, 3.05) is 5.32 Å². The van der Waals surface area contributed by atoms with Gasteiger partial charge in [0.15, 0.2) is 5.78 Å². The van der Waals surface area contributed by atoms with Gasteiger partial charge in [0.2, 0.25) is 5.91 Å². The lowest BCUT2D eigenvalue weighted by Gasteiger charge is -2.08. The number of hydrogen-bond donors (Lipinski definition) is 1. The lowest BCUT2D eigenvalue weighted by Crippen LogP contribution is -2.13. The van der Waals surface area contributed by atoms with Crippen LogP contribution in [-0.2, 0) is 4.79 Å². The van der Waals surface area contributed by atoms with E-state index in [0.29, 0.717) is 11.5 Å². The van der Waals surface area contributed by atoms with Crippen LogP contribution in [0.3, 0.4) is 0 Å². The monoisotopic (exact) mass is 309 g/mol. The normalized spacial score (nSPS) is 10.6. The Bertz CT molecular complexity index is 670. The second-order valence-electron chi connectivity index (χ2n) is 6.11. The van der Waals surface area contributed by atoms with Gasteiger partial charge in [0.1, 0.15) is 0 Å². The van der Waals surface area contributed by atoms with E-state index in [1.807, 2.05) is 43.3 Å². The van der Waals surface area contributed by atoms with Crippen molar-refractivity contribution in [1.29, 1.82) is 0 Å². The maximum absolute atomic E-state index is 12.1. The van der Waals surface area contributed by atoms with Gasteiger partial charge >= 0.3 is 0 Å². The van der Waals surface area contributed by atoms with E-state index >= 15 is 0 Å². The van der Waals surface area contributed by atoms with Crippen LogP contribution in [0.15, 0.2) is 48.5 Å². The summed E-state index contributed by atoms with van der Waals surface area (Å²) >= 11 is 0. The highest BCUT2D eigenvalue weighted by atomic mass is 16.2. The number of Topliss-reactive ketones (excluding diaryl/α,β-unsaturated/α-hetero) is 1. The van der Waals surface area contributed by atoms with Gasteiger partial charge in [0, 0.05) is 24.1 Å². The molecule has 0 saturated carbocycles. The summed E-state index contributed by atoms with van der Waals surface area (Å²) in [5.41, 5.74) is 3.77. The summed E-state index contributed by atoms with van der Waals surface area (Å²) in [4.78, 5) is 24.0. The van der Waals surface area contributed by atoms with Crippen LogP contribution in [0.2, 0.25) is 0 Å². The van der Waals surface area contributed by atoms with E-state index in [4.69, 9.17) is 0 Å². The third-order valence-electron chi connectivity index (χ3n) is 3.81. The van der Waals surface area contributed by atoms with Crippen molar-refractivity contribution in [3.63, 3.8) is 0 Å². The van der Waals surface area contributed by atoms with Gasteiger partial charge in [-0.1, -0.05) is 55.8 Å². The minimum atomic E-state index is -0.136. The number of nitrogens with one attached hydrogen (secondary N) is 1. The highest BCUT2D eigenvalue weighted by Gasteiger charge is 2.09. The van der Waals surface area contributed by atoms with Crippen LogP contribution in [-0.4, -0.2) is 11.7 Å². The minimum absolute atomic E-state index is 0.00435. The molecule has 0 aliphatic carbocycles. The molecule has 0 fully saturated rings. The largest absolute Gasteiger partial charge is 0.326 e. The smallest absolute Gasteiger partial charge is 0.224 e. The zero-order chi connectivity index (χ0) is 16.8. The molecule has 0 bridgehead atoms. The summed E-state index contributed by atoms with van der Waals surface area (Å²) in [5.74, 6) is 0.324. The van der Waals surface area contributed by atoms with Crippen molar-refractivity contribution in [1.82, 2.24) is 0 Å². The summed E-state index contributed by atoms with van der Waals surface area (Å²) in [6.07, 6.45) is 0.414. The Balaban J connectivity index is 1.85. The van der Waals surface area contributed by atoms with Gasteiger partial charge in [-0.25, -0.2) is 0 Å². The Morgan fingerprint density at radius 2 is 1.52 bits per heavy atom. The fourth-order valence-corrected chi connectivity index (χ4v) is 2.29. The summed E-state index contributed by atoms with van der Waals surface area (Å²) < 4.78 is 0. The number of rotatable bonds is 6. The van der Waals surface area contributed by atoms with Crippen LogP contribution in [0.25, 0.3) is 0 Å². The van der Waals surface area contributed by atoms with Crippen molar-refractivity contribution in [2.24, 2.45) is 0 Å². The lowest BCUT2D eigenvalue weighted by molar-refractivity contribution is -0.116. The van der Waals surface area contributed by atoms with Gasteiger partial charge in [-0.05, 0) is 30.5 Å². The first-order valence-electron chi connectivity index (χ1n) is 7.95. The number of aryl methyl sites for hydroxylation is 1. The van der Waals surface area contributed by atoms with E-state index in [1.165, 1.54) is 5.56 Å². The molecule has 2 aromatic carbocycles. The number of amides is 1. The fourth-order valence-electron chi connectivity index (χ4n) is 2.29. The van der Waals surface area contributed by atoms with Gasteiger partial charge in [0.25, 0.3) is 0 Å². The summed E-state index contributed by atoms with van der Waals surface area (Å²) in [7, 11) is 0. The first kappa shape index (κ1) is 16.9. The Hall–Kier alpha value is -2.42. The molecule has 2 rings (SSSR count). The summed E-state index contributed by atoms with van der Waals surface area (Å²) in [6, 6.07) is 15.2. The predicted molar refractivity (Wildman–Crippen MR) is 93.9 cm³/mol.